The smallest absolute Gasteiger partial charge is 0.127 e. The first-order chi connectivity index (χ1) is 9.36. The molecule has 0 aliphatic heterocycles. The standard InChI is InChI=1S/C14H14BrCl2NOS/c1-6-4-9(15)7(2)11(13(6)19-3)12(18)8-5-10(16)20-14(8)17/h4-5,12H,18H2,1-3H3. The van der Waals surface area contributed by atoms with Gasteiger partial charge in [-0.05, 0) is 37.1 Å². The van der Waals surface area contributed by atoms with Crippen molar-refractivity contribution >= 4 is 50.5 Å². The van der Waals surface area contributed by atoms with E-state index in [9.17, 15) is 0 Å². The fraction of sp³-hybridized carbons (Fsp3) is 0.286. The molecule has 0 bridgehead atoms. The van der Waals surface area contributed by atoms with Gasteiger partial charge in [0.1, 0.15) is 5.75 Å². The summed E-state index contributed by atoms with van der Waals surface area (Å²) in [6, 6.07) is 3.46. The molecule has 0 saturated heterocycles. The van der Waals surface area contributed by atoms with Crippen molar-refractivity contribution in [2.24, 2.45) is 5.73 Å². The summed E-state index contributed by atoms with van der Waals surface area (Å²) in [4.78, 5) is 0. The van der Waals surface area contributed by atoms with E-state index in [2.05, 4.69) is 15.9 Å². The molecule has 0 radical (unpaired) electrons. The fourth-order valence-corrected chi connectivity index (χ4v) is 4.35. The topological polar surface area (TPSA) is 35.2 Å². The predicted octanol–water partition coefficient (Wildman–Crippen LogP) is 5.49. The first-order valence-corrected chi connectivity index (χ1v) is 8.27. The zero-order chi connectivity index (χ0) is 15.0. The third-order valence-corrected chi connectivity index (χ3v) is 5.58. The van der Waals surface area contributed by atoms with E-state index in [1.54, 1.807) is 7.11 Å². The van der Waals surface area contributed by atoms with E-state index in [4.69, 9.17) is 33.7 Å². The Kier molecular flexibility index (Phi) is 5.03. The summed E-state index contributed by atoms with van der Waals surface area (Å²) in [5.74, 6) is 0.789. The first kappa shape index (κ1) is 16.1. The molecule has 1 heterocycles. The summed E-state index contributed by atoms with van der Waals surface area (Å²) in [5, 5.41) is 0. The highest BCUT2D eigenvalue weighted by Crippen LogP contribution is 2.42. The molecule has 0 aliphatic rings. The van der Waals surface area contributed by atoms with E-state index in [0.717, 1.165) is 32.5 Å². The van der Waals surface area contributed by atoms with Crippen LogP contribution in [0.1, 0.15) is 28.3 Å². The highest BCUT2D eigenvalue weighted by Gasteiger charge is 2.23. The van der Waals surface area contributed by atoms with Crippen LogP contribution >= 0.6 is 50.5 Å². The molecule has 0 amide bonds. The highest BCUT2D eigenvalue weighted by atomic mass is 79.9. The number of halogens is 3. The van der Waals surface area contributed by atoms with Gasteiger partial charge in [-0.2, -0.15) is 0 Å². The number of nitrogens with two attached hydrogens (primary N) is 1. The second kappa shape index (κ2) is 6.24. The number of benzene rings is 1. The maximum Gasteiger partial charge on any atom is 0.127 e. The van der Waals surface area contributed by atoms with Gasteiger partial charge in [-0.15, -0.1) is 11.3 Å². The Labute approximate surface area is 141 Å². The second-order valence-corrected chi connectivity index (χ2v) is 7.64. The third kappa shape index (κ3) is 2.85. The van der Waals surface area contributed by atoms with Crippen molar-refractivity contribution in [1.29, 1.82) is 0 Å². The number of rotatable bonds is 3. The lowest BCUT2D eigenvalue weighted by atomic mass is 9.94. The third-order valence-electron chi connectivity index (χ3n) is 3.24. The average molecular weight is 395 g/mol. The minimum Gasteiger partial charge on any atom is -0.496 e. The average Bonchev–Trinajstić information content (AvgIpc) is 2.71. The summed E-state index contributed by atoms with van der Waals surface area (Å²) >= 11 is 17.1. The van der Waals surface area contributed by atoms with Crippen LogP contribution in [0.2, 0.25) is 8.67 Å². The van der Waals surface area contributed by atoms with Crippen molar-refractivity contribution in [3.8, 4) is 5.75 Å². The van der Waals surface area contributed by atoms with Crippen LogP contribution in [-0.2, 0) is 0 Å². The van der Waals surface area contributed by atoms with Gasteiger partial charge in [0.2, 0.25) is 0 Å². The largest absolute Gasteiger partial charge is 0.496 e. The van der Waals surface area contributed by atoms with Crippen LogP contribution < -0.4 is 10.5 Å². The molecule has 0 fully saturated rings. The van der Waals surface area contributed by atoms with Crippen molar-refractivity contribution < 1.29 is 4.74 Å². The summed E-state index contributed by atoms with van der Waals surface area (Å²) in [5.41, 5.74) is 10.2. The van der Waals surface area contributed by atoms with Crippen LogP contribution in [0.3, 0.4) is 0 Å². The van der Waals surface area contributed by atoms with Gasteiger partial charge in [0.15, 0.2) is 0 Å². The maximum absolute atomic E-state index is 6.41. The Bertz CT molecular complexity index is 657. The molecule has 6 heteroatoms. The fourth-order valence-electron chi connectivity index (χ4n) is 2.24. The number of aryl methyl sites for hydroxylation is 1. The first-order valence-electron chi connectivity index (χ1n) is 5.90. The molecule has 2 nitrogen and oxygen atoms in total. The quantitative estimate of drug-likeness (QED) is 0.746. The van der Waals surface area contributed by atoms with Gasteiger partial charge >= 0.3 is 0 Å². The normalized spacial score (nSPS) is 12.6. The molecule has 108 valence electrons. The number of hydrogen-bond acceptors (Lipinski definition) is 3. The molecular formula is C14H14BrCl2NOS. The van der Waals surface area contributed by atoms with E-state index in [0.29, 0.717) is 8.67 Å². The van der Waals surface area contributed by atoms with Crippen LogP contribution in [0.5, 0.6) is 5.75 Å². The molecule has 0 saturated carbocycles. The Morgan fingerprint density at radius 3 is 2.45 bits per heavy atom. The molecule has 2 aromatic rings. The molecule has 1 aromatic carbocycles. The lowest BCUT2D eigenvalue weighted by Gasteiger charge is -2.21. The van der Waals surface area contributed by atoms with Gasteiger partial charge in [-0.1, -0.05) is 39.1 Å². The Morgan fingerprint density at radius 1 is 1.30 bits per heavy atom. The number of hydrogen-bond donors (Lipinski definition) is 1. The minimum atomic E-state index is -0.377. The van der Waals surface area contributed by atoms with Gasteiger partial charge in [0, 0.05) is 15.6 Å². The molecule has 2 rings (SSSR count). The summed E-state index contributed by atoms with van der Waals surface area (Å²) in [6.45, 7) is 3.99. The van der Waals surface area contributed by atoms with Gasteiger partial charge in [-0.25, -0.2) is 0 Å². The molecule has 20 heavy (non-hydrogen) atoms. The zero-order valence-electron chi connectivity index (χ0n) is 11.3. The van der Waals surface area contributed by atoms with Gasteiger partial charge in [-0.3, -0.25) is 0 Å². The Balaban J connectivity index is 2.65. The van der Waals surface area contributed by atoms with E-state index >= 15 is 0 Å². The van der Waals surface area contributed by atoms with Gasteiger partial charge in [0.05, 0.1) is 21.8 Å². The number of thiophene rings is 1. The van der Waals surface area contributed by atoms with Crippen LogP contribution in [0.25, 0.3) is 0 Å². The maximum atomic E-state index is 6.41. The molecular weight excluding hydrogens is 381 g/mol. The number of ether oxygens (including phenoxy) is 1. The van der Waals surface area contributed by atoms with Crippen LogP contribution in [0.4, 0.5) is 0 Å². The van der Waals surface area contributed by atoms with E-state index in [-0.39, 0.29) is 6.04 Å². The van der Waals surface area contributed by atoms with Crippen LogP contribution in [0.15, 0.2) is 16.6 Å². The molecule has 1 atom stereocenters. The molecule has 0 spiro atoms. The zero-order valence-corrected chi connectivity index (χ0v) is 15.2. The Hall–Kier alpha value is -0.260. The van der Waals surface area contributed by atoms with E-state index in [1.165, 1.54) is 11.3 Å². The number of methoxy groups -OCH3 is 1. The second-order valence-electron chi connectivity index (χ2n) is 4.50. The van der Waals surface area contributed by atoms with Crippen molar-refractivity contribution in [3.63, 3.8) is 0 Å². The van der Waals surface area contributed by atoms with Crippen molar-refractivity contribution in [3.05, 3.63) is 47.5 Å². The predicted molar refractivity (Wildman–Crippen MR) is 90.5 cm³/mol. The highest BCUT2D eigenvalue weighted by molar-refractivity contribution is 9.10. The van der Waals surface area contributed by atoms with Crippen LogP contribution in [0, 0.1) is 13.8 Å². The lowest BCUT2D eigenvalue weighted by molar-refractivity contribution is 0.404. The summed E-state index contributed by atoms with van der Waals surface area (Å²) < 4.78 is 7.77. The molecule has 2 N–H and O–H groups in total. The van der Waals surface area contributed by atoms with Crippen molar-refractivity contribution in [1.82, 2.24) is 0 Å². The molecule has 1 unspecified atom stereocenters. The summed E-state index contributed by atoms with van der Waals surface area (Å²) in [6.07, 6.45) is 0. The van der Waals surface area contributed by atoms with Crippen LogP contribution in [-0.4, -0.2) is 7.11 Å². The van der Waals surface area contributed by atoms with Crippen molar-refractivity contribution in [2.45, 2.75) is 19.9 Å². The monoisotopic (exact) mass is 393 g/mol. The SMILES string of the molecule is COc1c(C)cc(Br)c(C)c1C(N)c1cc(Cl)sc1Cl. The lowest BCUT2D eigenvalue weighted by Crippen LogP contribution is -2.15. The van der Waals surface area contributed by atoms with Gasteiger partial charge < -0.3 is 10.5 Å². The Morgan fingerprint density at radius 2 is 1.95 bits per heavy atom. The van der Waals surface area contributed by atoms with E-state index in [1.807, 2.05) is 26.0 Å². The molecule has 1 aromatic heterocycles. The minimum absolute atomic E-state index is 0.377. The van der Waals surface area contributed by atoms with E-state index < -0.39 is 0 Å². The summed E-state index contributed by atoms with van der Waals surface area (Å²) in [7, 11) is 1.65. The van der Waals surface area contributed by atoms with Gasteiger partial charge in [0.25, 0.3) is 0 Å². The van der Waals surface area contributed by atoms with Crippen molar-refractivity contribution in [2.75, 3.05) is 7.11 Å². The molecule has 0 aliphatic carbocycles.